The van der Waals surface area contributed by atoms with Gasteiger partial charge < -0.3 is 9.80 Å². The van der Waals surface area contributed by atoms with Crippen molar-refractivity contribution in [2.45, 2.75) is 13.8 Å². The molecule has 0 aliphatic heterocycles. The normalized spacial score (nSPS) is 10.6. The standard InChI is InChI=1S/C36H27N3.C4H8/c1-38(35-13-7-8-27(24-35)26-37)32-20-22-34(23-21-32)39(36-19-16-29-11-5-6-12-31(29)25-36)33-17-14-30(15-18-33)28-9-3-2-4-10-28;1-3-4-2/h2-25H,1H3;3-4H,1-2H3/b;4-3-. The number of nitrogens with zero attached hydrogens (tertiary/aromatic N) is 3. The Kier molecular flexibility index (Phi) is 9.32. The van der Waals surface area contributed by atoms with Crippen LogP contribution in [0.3, 0.4) is 0 Å². The molecule has 0 unspecified atom stereocenters. The van der Waals surface area contributed by atoms with Crippen molar-refractivity contribution in [1.82, 2.24) is 0 Å². The first-order valence-electron chi connectivity index (χ1n) is 14.5. The number of hydrogen-bond acceptors (Lipinski definition) is 3. The van der Waals surface area contributed by atoms with Gasteiger partial charge in [-0.2, -0.15) is 5.26 Å². The Morgan fingerprint density at radius 2 is 1.05 bits per heavy atom. The molecule has 210 valence electrons. The summed E-state index contributed by atoms with van der Waals surface area (Å²) in [4.78, 5) is 4.39. The summed E-state index contributed by atoms with van der Waals surface area (Å²) in [5.41, 5.74) is 8.33. The first-order chi connectivity index (χ1) is 21.1. The van der Waals surface area contributed by atoms with Crippen molar-refractivity contribution >= 4 is 39.2 Å². The van der Waals surface area contributed by atoms with Crippen molar-refractivity contribution in [1.29, 1.82) is 5.26 Å². The molecule has 43 heavy (non-hydrogen) atoms. The summed E-state index contributed by atoms with van der Waals surface area (Å²) < 4.78 is 0. The zero-order valence-corrected chi connectivity index (χ0v) is 24.9. The van der Waals surface area contributed by atoms with E-state index in [9.17, 15) is 5.26 Å². The van der Waals surface area contributed by atoms with Crippen LogP contribution in [0.15, 0.2) is 158 Å². The highest BCUT2D eigenvalue weighted by atomic mass is 15.1. The van der Waals surface area contributed by atoms with E-state index in [-0.39, 0.29) is 0 Å². The largest absolute Gasteiger partial charge is 0.345 e. The third kappa shape index (κ3) is 6.84. The van der Waals surface area contributed by atoms with Gasteiger partial charge in [0.1, 0.15) is 0 Å². The van der Waals surface area contributed by atoms with Gasteiger partial charge in [0.25, 0.3) is 0 Å². The Hall–Kier alpha value is -5.59. The molecule has 0 heterocycles. The van der Waals surface area contributed by atoms with Crippen LogP contribution in [0.2, 0.25) is 0 Å². The quantitative estimate of drug-likeness (QED) is 0.191. The smallest absolute Gasteiger partial charge is 0.0992 e. The average molecular weight is 558 g/mol. The fourth-order valence-electron chi connectivity index (χ4n) is 4.96. The first kappa shape index (κ1) is 28.9. The van der Waals surface area contributed by atoms with Crippen molar-refractivity contribution < 1.29 is 0 Å². The fourth-order valence-corrected chi connectivity index (χ4v) is 4.96. The molecular weight excluding hydrogens is 522 g/mol. The summed E-state index contributed by atoms with van der Waals surface area (Å²) in [6, 6.07) is 52.7. The molecule has 0 fully saturated rings. The van der Waals surface area contributed by atoms with Gasteiger partial charge in [-0.15, -0.1) is 0 Å². The van der Waals surface area contributed by atoms with Crippen LogP contribution < -0.4 is 9.80 Å². The van der Waals surface area contributed by atoms with Gasteiger partial charge in [-0.1, -0.05) is 91.0 Å². The molecule has 0 spiro atoms. The monoisotopic (exact) mass is 557 g/mol. The minimum atomic E-state index is 0.650. The van der Waals surface area contributed by atoms with E-state index < -0.39 is 0 Å². The molecule has 3 nitrogen and oxygen atoms in total. The van der Waals surface area contributed by atoms with E-state index in [1.807, 2.05) is 63.4 Å². The van der Waals surface area contributed by atoms with Gasteiger partial charge in [0.05, 0.1) is 11.6 Å². The van der Waals surface area contributed by atoms with E-state index in [4.69, 9.17) is 0 Å². The Balaban J connectivity index is 0.000000868. The van der Waals surface area contributed by atoms with Crippen molar-refractivity contribution in [2.24, 2.45) is 0 Å². The van der Waals surface area contributed by atoms with Crippen molar-refractivity contribution in [2.75, 3.05) is 16.8 Å². The molecule has 0 amide bonds. The Bertz CT molecular complexity index is 1840. The lowest BCUT2D eigenvalue weighted by atomic mass is 10.0. The number of anilines is 5. The Labute approximate surface area is 255 Å². The third-order valence-corrected chi connectivity index (χ3v) is 7.41. The van der Waals surface area contributed by atoms with E-state index in [1.54, 1.807) is 0 Å². The first-order valence-corrected chi connectivity index (χ1v) is 14.5. The molecule has 0 aliphatic carbocycles. The van der Waals surface area contributed by atoms with Crippen LogP contribution in [0, 0.1) is 11.3 Å². The highest BCUT2D eigenvalue weighted by Crippen LogP contribution is 2.38. The summed E-state index contributed by atoms with van der Waals surface area (Å²) in [7, 11) is 2.02. The zero-order chi connectivity index (χ0) is 30.0. The maximum atomic E-state index is 9.30. The molecule has 0 aliphatic rings. The Morgan fingerprint density at radius 1 is 0.488 bits per heavy atom. The minimum absolute atomic E-state index is 0.650. The molecule has 0 bridgehead atoms. The van der Waals surface area contributed by atoms with E-state index in [2.05, 4.69) is 131 Å². The number of hydrogen-bond donors (Lipinski definition) is 0. The topological polar surface area (TPSA) is 30.3 Å². The lowest BCUT2D eigenvalue weighted by Crippen LogP contribution is -2.12. The summed E-state index contributed by atoms with van der Waals surface area (Å²) in [6.45, 7) is 4.00. The second-order valence-corrected chi connectivity index (χ2v) is 10.2. The number of benzene rings is 6. The van der Waals surface area contributed by atoms with Gasteiger partial charge in [-0.3, -0.25) is 0 Å². The second kappa shape index (κ2) is 13.9. The molecule has 0 aromatic heterocycles. The second-order valence-electron chi connectivity index (χ2n) is 10.2. The van der Waals surface area contributed by atoms with Crippen LogP contribution in [0.25, 0.3) is 21.9 Å². The summed E-state index contributed by atoms with van der Waals surface area (Å²) >= 11 is 0. The van der Waals surface area contributed by atoms with Gasteiger partial charge in [0.15, 0.2) is 0 Å². The predicted molar refractivity (Wildman–Crippen MR) is 184 cm³/mol. The molecular formula is C40H35N3. The van der Waals surface area contributed by atoms with Crippen molar-refractivity contribution in [3.05, 3.63) is 163 Å². The summed E-state index contributed by atoms with van der Waals surface area (Å²) in [5.74, 6) is 0. The molecule has 3 heteroatoms. The van der Waals surface area contributed by atoms with Gasteiger partial charge in [-0.25, -0.2) is 0 Å². The third-order valence-electron chi connectivity index (χ3n) is 7.41. The molecule has 6 rings (SSSR count). The number of fused-ring (bicyclic) bond motifs is 1. The molecule has 0 radical (unpaired) electrons. The number of nitriles is 1. The highest BCUT2D eigenvalue weighted by molar-refractivity contribution is 5.89. The van der Waals surface area contributed by atoms with Gasteiger partial charge in [0, 0.05) is 35.5 Å². The summed E-state index contributed by atoms with van der Waals surface area (Å²) in [5, 5.41) is 11.7. The van der Waals surface area contributed by atoms with Gasteiger partial charge in [-0.05, 0) is 102 Å². The van der Waals surface area contributed by atoms with Gasteiger partial charge in [0.2, 0.25) is 0 Å². The maximum absolute atomic E-state index is 9.30. The lowest BCUT2D eigenvalue weighted by Gasteiger charge is -2.27. The maximum Gasteiger partial charge on any atom is 0.0992 e. The van der Waals surface area contributed by atoms with Crippen LogP contribution in [0.4, 0.5) is 28.4 Å². The molecule has 6 aromatic rings. The zero-order valence-electron chi connectivity index (χ0n) is 24.9. The van der Waals surface area contributed by atoms with Crippen LogP contribution in [0.1, 0.15) is 19.4 Å². The average Bonchev–Trinajstić information content (AvgIpc) is 3.09. The van der Waals surface area contributed by atoms with Crippen LogP contribution in [-0.4, -0.2) is 7.05 Å². The molecule has 6 aromatic carbocycles. The predicted octanol–water partition coefficient (Wildman–Crippen LogP) is 11.2. The molecule has 0 saturated carbocycles. The fraction of sp³-hybridized carbons (Fsp3) is 0.0750. The molecule has 0 saturated heterocycles. The molecule has 0 atom stereocenters. The van der Waals surface area contributed by atoms with E-state index in [1.165, 1.54) is 21.9 Å². The SMILES string of the molecule is C/C=C\C.CN(c1ccc(N(c2ccc(-c3ccccc3)cc2)c2ccc3ccccc3c2)cc1)c1cccc(C#N)c1. The lowest BCUT2D eigenvalue weighted by molar-refractivity contribution is 1.20. The number of allylic oxidation sites excluding steroid dienone is 2. The van der Waals surface area contributed by atoms with E-state index in [0.29, 0.717) is 5.56 Å². The highest BCUT2D eigenvalue weighted by Gasteiger charge is 2.14. The minimum Gasteiger partial charge on any atom is -0.345 e. The Morgan fingerprint density at radius 3 is 1.70 bits per heavy atom. The van der Waals surface area contributed by atoms with E-state index in [0.717, 1.165) is 28.4 Å². The van der Waals surface area contributed by atoms with Crippen LogP contribution in [0.5, 0.6) is 0 Å². The van der Waals surface area contributed by atoms with E-state index >= 15 is 0 Å². The van der Waals surface area contributed by atoms with Crippen LogP contribution in [-0.2, 0) is 0 Å². The van der Waals surface area contributed by atoms with Gasteiger partial charge >= 0.3 is 0 Å². The van der Waals surface area contributed by atoms with Crippen LogP contribution >= 0.6 is 0 Å². The molecule has 0 N–H and O–H groups in total. The van der Waals surface area contributed by atoms with Crippen molar-refractivity contribution in [3.63, 3.8) is 0 Å². The summed E-state index contributed by atoms with van der Waals surface area (Å²) in [6.07, 6.45) is 4.00. The van der Waals surface area contributed by atoms with Crippen molar-refractivity contribution in [3.8, 4) is 17.2 Å². The number of rotatable bonds is 6.